The summed E-state index contributed by atoms with van der Waals surface area (Å²) in [5, 5.41) is 12.6. The smallest absolute Gasteiger partial charge is 0.417 e. The Bertz CT molecular complexity index is 1000. The van der Waals surface area contributed by atoms with Crippen LogP contribution in [0.5, 0.6) is 0 Å². The highest BCUT2D eigenvalue weighted by Gasteiger charge is 2.39. The molecule has 0 aliphatic heterocycles. The lowest BCUT2D eigenvalue weighted by atomic mass is 10.0. The van der Waals surface area contributed by atoms with Gasteiger partial charge in [0.05, 0.1) is 18.6 Å². The highest BCUT2D eigenvalue weighted by Crippen LogP contribution is 2.38. The van der Waals surface area contributed by atoms with Gasteiger partial charge in [-0.05, 0) is 57.1 Å². The van der Waals surface area contributed by atoms with E-state index in [1.165, 1.54) is 6.07 Å². The molecule has 0 bridgehead atoms. The topological polar surface area (TPSA) is 109 Å². The maximum atomic E-state index is 12.6. The number of carbonyl (C=O) groups excluding carboxylic acids is 2. The number of ether oxygens (including phenoxy) is 1. The zero-order chi connectivity index (χ0) is 23.6. The van der Waals surface area contributed by atoms with Crippen molar-refractivity contribution >= 4 is 17.8 Å². The summed E-state index contributed by atoms with van der Waals surface area (Å²) in [5.74, 6) is 0.407. The van der Waals surface area contributed by atoms with Crippen molar-refractivity contribution in [1.82, 2.24) is 20.5 Å². The van der Waals surface area contributed by atoms with Crippen molar-refractivity contribution in [2.75, 3.05) is 11.9 Å². The van der Waals surface area contributed by atoms with E-state index >= 15 is 0 Å². The molecule has 2 aromatic heterocycles. The average molecular weight is 465 g/mol. The van der Waals surface area contributed by atoms with Crippen LogP contribution in [-0.2, 0) is 22.1 Å². The number of hydrogen-bond acceptors (Lipinski definition) is 5. The number of rotatable bonds is 7. The molecular weight excluding hydrogens is 439 g/mol. The predicted octanol–water partition coefficient (Wildman–Crippen LogP) is 4.17. The summed E-state index contributed by atoms with van der Waals surface area (Å²) < 4.78 is 43.2. The van der Waals surface area contributed by atoms with Crippen LogP contribution in [0.25, 0.3) is 0 Å². The Morgan fingerprint density at radius 2 is 2.06 bits per heavy atom. The van der Waals surface area contributed by atoms with Gasteiger partial charge in [0, 0.05) is 35.1 Å². The predicted molar refractivity (Wildman–Crippen MR) is 112 cm³/mol. The standard InChI is InChI=1S/C22H26F3N5O3/c1-21(6-7-21)28-20(32)33-12-13-2-3-14(8-13)17-10-18(30-29-17)27-19(31)9-16-5-4-15(11-26-16)22(23,24)25/h4-5,10-11,13-14H,2-3,6-9,12H2,1H3,(H,28,32)(H2,27,29,30,31)/t13?,14-/m0/s1. The number of nitrogens with one attached hydrogen (secondary N) is 3. The number of nitrogens with zero attached hydrogens (tertiary/aromatic N) is 2. The molecule has 0 aromatic carbocycles. The fourth-order valence-corrected chi connectivity index (χ4v) is 3.96. The summed E-state index contributed by atoms with van der Waals surface area (Å²) in [5.41, 5.74) is 0.154. The number of aromatic amines is 1. The zero-order valence-corrected chi connectivity index (χ0v) is 18.2. The Kier molecular flexibility index (Phi) is 6.31. The maximum absolute atomic E-state index is 12.6. The van der Waals surface area contributed by atoms with Crippen molar-refractivity contribution in [2.24, 2.45) is 5.92 Å². The molecule has 2 saturated carbocycles. The second-order valence-electron chi connectivity index (χ2n) is 9.13. The molecule has 2 aliphatic carbocycles. The van der Waals surface area contributed by atoms with E-state index in [2.05, 4.69) is 25.8 Å². The van der Waals surface area contributed by atoms with Crippen molar-refractivity contribution < 1.29 is 27.5 Å². The Labute approximate surface area is 188 Å². The van der Waals surface area contributed by atoms with Gasteiger partial charge in [0.15, 0.2) is 5.82 Å². The summed E-state index contributed by atoms with van der Waals surface area (Å²) in [7, 11) is 0. The van der Waals surface area contributed by atoms with E-state index in [1.807, 2.05) is 6.92 Å². The SMILES string of the molecule is CC1(NC(=O)OCC2CC[C@H](c3cc(NC(=O)Cc4ccc(C(F)(F)F)cn4)n[nH]3)C2)CC1. The molecule has 2 aromatic rings. The van der Waals surface area contributed by atoms with Crippen LogP contribution in [0, 0.1) is 5.92 Å². The molecule has 33 heavy (non-hydrogen) atoms. The van der Waals surface area contributed by atoms with Gasteiger partial charge in [0.1, 0.15) is 0 Å². The van der Waals surface area contributed by atoms with Crippen LogP contribution < -0.4 is 10.6 Å². The van der Waals surface area contributed by atoms with Crippen molar-refractivity contribution in [3.8, 4) is 0 Å². The fourth-order valence-electron chi connectivity index (χ4n) is 3.96. The number of carbonyl (C=O) groups is 2. The molecule has 3 N–H and O–H groups in total. The molecule has 4 rings (SSSR count). The van der Waals surface area contributed by atoms with E-state index in [9.17, 15) is 22.8 Å². The van der Waals surface area contributed by atoms with Crippen LogP contribution in [0.4, 0.5) is 23.8 Å². The van der Waals surface area contributed by atoms with Gasteiger partial charge in [-0.25, -0.2) is 4.79 Å². The summed E-state index contributed by atoms with van der Waals surface area (Å²) >= 11 is 0. The Morgan fingerprint density at radius 3 is 2.73 bits per heavy atom. The van der Waals surface area contributed by atoms with Gasteiger partial charge in [0.25, 0.3) is 0 Å². The molecule has 2 heterocycles. The van der Waals surface area contributed by atoms with Gasteiger partial charge in [-0.1, -0.05) is 0 Å². The van der Waals surface area contributed by atoms with Crippen molar-refractivity contribution in [1.29, 1.82) is 0 Å². The molecule has 2 aliphatic rings. The molecule has 2 fully saturated rings. The third kappa shape index (κ3) is 6.23. The third-order valence-corrected chi connectivity index (χ3v) is 6.19. The largest absolute Gasteiger partial charge is 0.449 e. The molecule has 2 amide bonds. The molecule has 0 spiro atoms. The van der Waals surface area contributed by atoms with E-state index < -0.39 is 17.6 Å². The number of anilines is 1. The second-order valence-corrected chi connectivity index (χ2v) is 9.13. The van der Waals surface area contributed by atoms with Crippen molar-refractivity contribution in [2.45, 2.75) is 63.1 Å². The number of aromatic nitrogens is 3. The van der Waals surface area contributed by atoms with Gasteiger partial charge in [-0.3, -0.25) is 14.9 Å². The fraction of sp³-hybridized carbons (Fsp3) is 0.545. The number of amides is 2. The minimum atomic E-state index is -4.47. The third-order valence-electron chi connectivity index (χ3n) is 6.19. The second kappa shape index (κ2) is 9.03. The molecule has 178 valence electrons. The first kappa shape index (κ1) is 23.1. The molecule has 0 radical (unpaired) electrons. The maximum Gasteiger partial charge on any atom is 0.417 e. The molecule has 8 nitrogen and oxygen atoms in total. The lowest BCUT2D eigenvalue weighted by Gasteiger charge is -2.14. The van der Waals surface area contributed by atoms with E-state index in [-0.39, 0.29) is 35.6 Å². The van der Waals surface area contributed by atoms with Gasteiger partial charge < -0.3 is 15.4 Å². The van der Waals surface area contributed by atoms with Gasteiger partial charge in [-0.15, -0.1) is 0 Å². The lowest BCUT2D eigenvalue weighted by Crippen LogP contribution is -2.35. The van der Waals surface area contributed by atoms with E-state index in [0.29, 0.717) is 18.6 Å². The normalized spacial score (nSPS) is 21.5. The molecular formula is C22H26F3N5O3. The first-order valence-corrected chi connectivity index (χ1v) is 10.9. The number of hydrogen-bond donors (Lipinski definition) is 3. The minimum absolute atomic E-state index is 0.103. The van der Waals surface area contributed by atoms with Crippen LogP contribution in [0.3, 0.4) is 0 Å². The van der Waals surface area contributed by atoms with Gasteiger partial charge in [-0.2, -0.15) is 18.3 Å². The number of alkyl halides is 3. The summed E-state index contributed by atoms with van der Waals surface area (Å²) in [6.07, 6.45) is 0.360. The summed E-state index contributed by atoms with van der Waals surface area (Å²) in [6.45, 7) is 2.37. The first-order valence-electron chi connectivity index (χ1n) is 10.9. The van der Waals surface area contributed by atoms with Gasteiger partial charge >= 0.3 is 12.3 Å². The summed E-state index contributed by atoms with van der Waals surface area (Å²) in [6, 6.07) is 3.84. The van der Waals surface area contributed by atoms with Crippen molar-refractivity contribution in [3.63, 3.8) is 0 Å². The van der Waals surface area contributed by atoms with Crippen LogP contribution in [-0.4, -0.2) is 39.3 Å². The zero-order valence-electron chi connectivity index (χ0n) is 18.2. The number of H-pyrrole nitrogens is 1. The summed E-state index contributed by atoms with van der Waals surface area (Å²) in [4.78, 5) is 27.8. The molecule has 11 heteroatoms. The lowest BCUT2D eigenvalue weighted by molar-refractivity contribution is -0.137. The van der Waals surface area contributed by atoms with Crippen LogP contribution in [0.2, 0.25) is 0 Å². The molecule has 1 unspecified atom stereocenters. The molecule has 2 atom stereocenters. The number of halogens is 3. The highest BCUT2D eigenvalue weighted by molar-refractivity contribution is 5.91. The average Bonchev–Trinajstić information content (AvgIpc) is 3.13. The molecule has 0 saturated heterocycles. The number of pyridine rings is 1. The van der Waals surface area contributed by atoms with E-state index in [0.717, 1.165) is 43.9 Å². The highest BCUT2D eigenvalue weighted by atomic mass is 19.4. The Morgan fingerprint density at radius 1 is 1.27 bits per heavy atom. The van der Waals surface area contributed by atoms with Gasteiger partial charge in [0.2, 0.25) is 5.91 Å². The van der Waals surface area contributed by atoms with Crippen LogP contribution >= 0.6 is 0 Å². The Hall–Kier alpha value is -3.11. The monoisotopic (exact) mass is 465 g/mol. The first-order chi connectivity index (χ1) is 15.6. The number of alkyl carbamates (subject to hydrolysis) is 1. The van der Waals surface area contributed by atoms with E-state index in [4.69, 9.17) is 4.74 Å². The van der Waals surface area contributed by atoms with Crippen LogP contribution in [0.1, 0.15) is 61.9 Å². The van der Waals surface area contributed by atoms with Crippen LogP contribution in [0.15, 0.2) is 24.4 Å². The van der Waals surface area contributed by atoms with Crippen molar-refractivity contribution in [3.05, 3.63) is 41.3 Å². The minimum Gasteiger partial charge on any atom is -0.449 e. The quantitative estimate of drug-likeness (QED) is 0.569. The Balaban J connectivity index is 1.22. The van der Waals surface area contributed by atoms with E-state index in [1.54, 1.807) is 6.07 Å².